The minimum Gasteiger partial charge on any atom is -0.322 e. The van der Waals surface area contributed by atoms with E-state index in [2.05, 4.69) is 37.2 Å². The summed E-state index contributed by atoms with van der Waals surface area (Å²) in [5.74, 6) is -0.584. The molecule has 0 saturated carbocycles. The zero-order chi connectivity index (χ0) is 13.1. The van der Waals surface area contributed by atoms with Crippen LogP contribution in [-0.4, -0.2) is 5.91 Å². The van der Waals surface area contributed by atoms with Gasteiger partial charge in [-0.25, -0.2) is 4.39 Å². The summed E-state index contributed by atoms with van der Waals surface area (Å²) in [5.41, 5.74) is 1.07. The topological polar surface area (TPSA) is 29.1 Å². The molecule has 0 spiro atoms. The molecule has 0 aliphatic carbocycles. The first kappa shape index (κ1) is 13.2. The number of hydrogen-bond acceptors (Lipinski definition) is 1. The highest BCUT2D eigenvalue weighted by atomic mass is 79.9. The summed E-state index contributed by atoms with van der Waals surface area (Å²) in [5, 5.41) is 2.69. The van der Waals surface area contributed by atoms with Crippen LogP contribution in [0.1, 0.15) is 10.4 Å². The van der Waals surface area contributed by atoms with E-state index in [0.29, 0.717) is 15.7 Å². The first-order chi connectivity index (χ1) is 8.56. The predicted molar refractivity (Wildman–Crippen MR) is 76.2 cm³/mol. The van der Waals surface area contributed by atoms with Gasteiger partial charge in [0.15, 0.2) is 0 Å². The molecule has 0 aromatic heterocycles. The summed E-state index contributed by atoms with van der Waals surface area (Å²) in [7, 11) is 0. The van der Waals surface area contributed by atoms with Gasteiger partial charge in [-0.1, -0.05) is 15.9 Å². The normalized spacial score (nSPS) is 10.2. The molecule has 1 amide bonds. The summed E-state index contributed by atoms with van der Waals surface area (Å²) in [6.45, 7) is 0. The van der Waals surface area contributed by atoms with Gasteiger partial charge in [0.25, 0.3) is 5.91 Å². The van der Waals surface area contributed by atoms with Crippen LogP contribution >= 0.6 is 31.9 Å². The first-order valence-electron chi connectivity index (χ1n) is 5.08. The Labute approximate surface area is 120 Å². The lowest BCUT2D eigenvalue weighted by atomic mass is 10.2. The SMILES string of the molecule is O=C(Nc1ccc(F)cc1)c1ccc(Br)cc1Br. The Hall–Kier alpha value is -1.20. The van der Waals surface area contributed by atoms with Gasteiger partial charge in [0.05, 0.1) is 5.56 Å². The second-order valence-electron chi connectivity index (χ2n) is 3.59. The van der Waals surface area contributed by atoms with Crippen LogP contribution in [0, 0.1) is 5.82 Å². The van der Waals surface area contributed by atoms with E-state index in [9.17, 15) is 9.18 Å². The fraction of sp³-hybridized carbons (Fsp3) is 0. The molecule has 1 N–H and O–H groups in total. The van der Waals surface area contributed by atoms with Gasteiger partial charge in [0.2, 0.25) is 0 Å². The summed E-state index contributed by atoms with van der Waals surface area (Å²) in [6.07, 6.45) is 0. The van der Waals surface area contributed by atoms with Gasteiger partial charge in [-0.3, -0.25) is 4.79 Å². The number of carbonyl (C=O) groups is 1. The maximum atomic E-state index is 12.7. The summed E-state index contributed by atoms with van der Waals surface area (Å²) in [4.78, 5) is 12.0. The third kappa shape index (κ3) is 3.17. The van der Waals surface area contributed by atoms with Crippen molar-refractivity contribution in [2.24, 2.45) is 0 Å². The Morgan fingerprint density at radius 2 is 1.72 bits per heavy atom. The van der Waals surface area contributed by atoms with E-state index in [1.54, 1.807) is 18.2 Å². The van der Waals surface area contributed by atoms with Crippen molar-refractivity contribution >= 4 is 43.5 Å². The first-order valence-corrected chi connectivity index (χ1v) is 6.67. The number of anilines is 1. The zero-order valence-electron chi connectivity index (χ0n) is 9.08. The minimum atomic E-state index is -0.335. The maximum Gasteiger partial charge on any atom is 0.256 e. The van der Waals surface area contributed by atoms with Gasteiger partial charge >= 0.3 is 0 Å². The van der Waals surface area contributed by atoms with Crippen molar-refractivity contribution in [3.8, 4) is 0 Å². The van der Waals surface area contributed by atoms with Gasteiger partial charge in [-0.2, -0.15) is 0 Å². The molecule has 0 aliphatic heterocycles. The molecule has 2 aromatic rings. The van der Waals surface area contributed by atoms with Crippen molar-refractivity contribution in [3.63, 3.8) is 0 Å². The highest BCUT2D eigenvalue weighted by Gasteiger charge is 2.10. The van der Waals surface area contributed by atoms with E-state index < -0.39 is 0 Å². The number of halogens is 3. The number of hydrogen-bond donors (Lipinski definition) is 1. The van der Waals surface area contributed by atoms with Crippen molar-refractivity contribution in [2.45, 2.75) is 0 Å². The maximum absolute atomic E-state index is 12.7. The molecule has 2 aromatic carbocycles. The fourth-order valence-electron chi connectivity index (χ4n) is 1.41. The molecule has 18 heavy (non-hydrogen) atoms. The van der Waals surface area contributed by atoms with Gasteiger partial charge in [-0.05, 0) is 58.4 Å². The largest absolute Gasteiger partial charge is 0.322 e. The van der Waals surface area contributed by atoms with E-state index >= 15 is 0 Å². The van der Waals surface area contributed by atoms with Crippen LogP contribution in [0.5, 0.6) is 0 Å². The summed E-state index contributed by atoms with van der Waals surface area (Å²) >= 11 is 6.64. The predicted octanol–water partition coefficient (Wildman–Crippen LogP) is 4.60. The van der Waals surface area contributed by atoms with E-state index in [-0.39, 0.29) is 11.7 Å². The third-order valence-corrected chi connectivity index (χ3v) is 3.43. The molecule has 0 heterocycles. The van der Waals surface area contributed by atoms with Crippen molar-refractivity contribution < 1.29 is 9.18 Å². The average molecular weight is 373 g/mol. The molecular weight excluding hydrogens is 365 g/mol. The molecule has 0 radical (unpaired) electrons. The Balaban J connectivity index is 2.19. The summed E-state index contributed by atoms with van der Waals surface area (Å²) in [6, 6.07) is 10.9. The Morgan fingerprint density at radius 3 is 2.33 bits per heavy atom. The van der Waals surface area contributed by atoms with Crippen molar-refractivity contribution in [3.05, 3.63) is 62.8 Å². The van der Waals surface area contributed by atoms with E-state index in [1.165, 1.54) is 24.3 Å². The molecule has 0 saturated heterocycles. The zero-order valence-corrected chi connectivity index (χ0v) is 12.3. The van der Waals surface area contributed by atoms with Gasteiger partial charge in [0.1, 0.15) is 5.82 Å². The van der Waals surface area contributed by atoms with E-state index in [0.717, 1.165) is 4.47 Å². The minimum absolute atomic E-state index is 0.249. The molecule has 0 aliphatic rings. The second-order valence-corrected chi connectivity index (χ2v) is 5.36. The number of nitrogens with one attached hydrogen (secondary N) is 1. The van der Waals surface area contributed by atoms with E-state index in [4.69, 9.17) is 0 Å². The molecule has 0 unspecified atom stereocenters. The molecule has 0 bridgehead atoms. The fourth-order valence-corrected chi connectivity index (χ4v) is 2.63. The molecule has 0 atom stereocenters. The van der Waals surface area contributed by atoms with Gasteiger partial charge in [-0.15, -0.1) is 0 Å². The van der Waals surface area contributed by atoms with Crippen molar-refractivity contribution in [2.75, 3.05) is 5.32 Å². The highest BCUT2D eigenvalue weighted by molar-refractivity contribution is 9.11. The van der Waals surface area contributed by atoms with Crippen LogP contribution < -0.4 is 5.32 Å². The lowest BCUT2D eigenvalue weighted by Gasteiger charge is -2.07. The lowest BCUT2D eigenvalue weighted by Crippen LogP contribution is -2.12. The number of carbonyl (C=O) groups excluding carboxylic acids is 1. The number of benzene rings is 2. The van der Waals surface area contributed by atoms with Crippen LogP contribution in [0.3, 0.4) is 0 Å². The Kier molecular flexibility index (Phi) is 4.14. The van der Waals surface area contributed by atoms with Crippen LogP contribution in [0.25, 0.3) is 0 Å². The molecule has 5 heteroatoms. The monoisotopic (exact) mass is 371 g/mol. The lowest BCUT2D eigenvalue weighted by molar-refractivity contribution is 0.102. The highest BCUT2D eigenvalue weighted by Crippen LogP contribution is 2.23. The number of amides is 1. The standard InChI is InChI=1S/C13H8Br2FNO/c14-8-1-6-11(12(15)7-8)13(18)17-10-4-2-9(16)3-5-10/h1-7H,(H,17,18). The van der Waals surface area contributed by atoms with Gasteiger partial charge in [0, 0.05) is 14.6 Å². The Morgan fingerprint density at radius 1 is 1.06 bits per heavy atom. The van der Waals surface area contributed by atoms with Crippen molar-refractivity contribution in [1.29, 1.82) is 0 Å². The number of rotatable bonds is 2. The van der Waals surface area contributed by atoms with Crippen LogP contribution in [0.15, 0.2) is 51.4 Å². The quantitative estimate of drug-likeness (QED) is 0.819. The van der Waals surface area contributed by atoms with Crippen LogP contribution in [0.2, 0.25) is 0 Å². The molecule has 2 nitrogen and oxygen atoms in total. The smallest absolute Gasteiger partial charge is 0.256 e. The van der Waals surface area contributed by atoms with Crippen molar-refractivity contribution in [1.82, 2.24) is 0 Å². The average Bonchev–Trinajstić information content (AvgIpc) is 2.32. The molecule has 92 valence electrons. The Bertz CT molecular complexity index is 584. The second kappa shape index (κ2) is 5.63. The summed E-state index contributed by atoms with van der Waals surface area (Å²) < 4.78 is 14.3. The van der Waals surface area contributed by atoms with Gasteiger partial charge < -0.3 is 5.32 Å². The van der Waals surface area contributed by atoms with Crippen LogP contribution in [0.4, 0.5) is 10.1 Å². The van der Waals surface area contributed by atoms with Crippen LogP contribution in [-0.2, 0) is 0 Å². The molecular formula is C13H8Br2FNO. The molecule has 2 rings (SSSR count). The molecule has 0 fully saturated rings. The third-order valence-electron chi connectivity index (χ3n) is 2.28. The van der Waals surface area contributed by atoms with E-state index in [1.807, 2.05) is 0 Å².